The minimum absolute atomic E-state index is 0.130. The fourth-order valence-electron chi connectivity index (χ4n) is 4.32. The SMILES string of the molecule is CC1(C(=O)N2CCC(O)(c3ccn[nH]3)C2)CCCc2ccccc21. The van der Waals surface area contributed by atoms with Crippen LogP contribution in [0.2, 0.25) is 0 Å². The number of fused-ring (bicyclic) bond motifs is 1. The van der Waals surface area contributed by atoms with Gasteiger partial charge in [-0.15, -0.1) is 0 Å². The number of β-amino-alcohol motifs (C(OH)–C–C–N with tert-alkyl or cyclic N) is 1. The molecule has 1 aromatic heterocycles. The van der Waals surface area contributed by atoms with Gasteiger partial charge < -0.3 is 10.0 Å². The van der Waals surface area contributed by atoms with E-state index >= 15 is 0 Å². The Morgan fingerprint density at radius 2 is 2.12 bits per heavy atom. The molecule has 0 saturated carbocycles. The van der Waals surface area contributed by atoms with Gasteiger partial charge in [0.2, 0.25) is 5.91 Å². The molecule has 1 aliphatic heterocycles. The molecule has 0 spiro atoms. The number of hydrogen-bond donors (Lipinski definition) is 2. The Hall–Kier alpha value is -2.14. The molecule has 1 fully saturated rings. The summed E-state index contributed by atoms with van der Waals surface area (Å²) in [4.78, 5) is 15.2. The molecule has 5 nitrogen and oxygen atoms in total. The number of H-pyrrole nitrogens is 1. The van der Waals surface area contributed by atoms with E-state index in [4.69, 9.17) is 0 Å². The lowest BCUT2D eigenvalue weighted by atomic mass is 9.70. The second-order valence-electron chi connectivity index (χ2n) is 7.32. The van der Waals surface area contributed by atoms with E-state index in [1.54, 1.807) is 12.3 Å². The number of nitrogens with zero attached hydrogens (tertiary/aromatic N) is 2. The van der Waals surface area contributed by atoms with Gasteiger partial charge in [0, 0.05) is 19.2 Å². The first kappa shape index (κ1) is 15.4. The number of hydrogen-bond acceptors (Lipinski definition) is 3. The Morgan fingerprint density at radius 3 is 2.92 bits per heavy atom. The van der Waals surface area contributed by atoms with Crippen molar-refractivity contribution in [3.8, 4) is 0 Å². The fourth-order valence-corrected chi connectivity index (χ4v) is 4.32. The van der Waals surface area contributed by atoms with Crippen LogP contribution < -0.4 is 0 Å². The van der Waals surface area contributed by atoms with Gasteiger partial charge in [0.1, 0.15) is 5.60 Å². The predicted octanol–water partition coefficient (Wildman–Crippen LogP) is 2.12. The molecule has 2 N–H and O–H groups in total. The van der Waals surface area contributed by atoms with Crippen LogP contribution in [0.5, 0.6) is 0 Å². The van der Waals surface area contributed by atoms with Crippen molar-refractivity contribution in [3.63, 3.8) is 0 Å². The molecule has 1 aliphatic carbocycles. The summed E-state index contributed by atoms with van der Waals surface area (Å²) < 4.78 is 0. The molecule has 1 amide bonds. The van der Waals surface area contributed by atoms with Crippen LogP contribution in [0.25, 0.3) is 0 Å². The number of carbonyl (C=O) groups excluding carboxylic acids is 1. The predicted molar refractivity (Wildman–Crippen MR) is 90.4 cm³/mol. The Morgan fingerprint density at radius 1 is 1.29 bits per heavy atom. The van der Waals surface area contributed by atoms with Gasteiger partial charge in [-0.25, -0.2) is 0 Å². The molecule has 2 unspecified atom stereocenters. The highest BCUT2D eigenvalue weighted by atomic mass is 16.3. The van der Waals surface area contributed by atoms with E-state index in [0.717, 1.165) is 24.8 Å². The quantitative estimate of drug-likeness (QED) is 0.889. The highest BCUT2D eigenvalue weighted by molar-refractivity contribution is 5.89. The average molecular weight is 325 g/mol. The van der Waals surface area contributed by atoms with Crippen LogP contribution in [0.1, 0.15) is 43.0 Å². The van der Waals surface area contributed by atoms with Crippen molar-refractivity contribution in [2.75, 3.05) is 13.1 Å². The van der Waals surface area contributed by atoms with Gasteiger partial charge >= 0.3 is 0 Å². The third-order valence-corrected chi connectivity index (χ3v) is 5.74. The molecule has 0 bridgehead atoms. The van der Waals surface area contributed by atoms with Crippen LogP contribution in [0.4, 0.5) is 0 Å². The molecule has 0 radical (unpaired) electrons. The summed E-state index contributed by atoms with van der Waals surface area (Å²) in [5, 5.41) is 17.7. The van der Waals surface area contributed by atoms with Crippen molar-refractivity contribution >= 4 is 5.91 Å². The zero-order chi connectivity index (χ0) is 16.8. The van der Waals surface area contributed by atoms with Crippen LogP contribution in [-0.2, 0) is 22.2 Å². The smallest absolute Gasteiger partial charge is 0.233 e. The number of amides is 1. The van der Waals surface area contributed by atoms with Gasteiger partial charge in [0.15, 0.2) is 0 Å². The molecule has 2 heterocycles. The summed E-state index contributed by atoms with van der Waals surface area (Å²) in [6.07, 6.45) is 5.10. The standard InChI is InChI=1S/C19H23N3O2/c1-18(9-4-6-14-5-2-3-7-15(14)18)17(23)22-12-10-19(24,13-22)16-8-11-20-21-16/h2-3,5,7-8,11,24H,4,6,9-10,12-13H2,1H3,(H,20,21). The molecular weight excluding hydrogens is 302 g/mol. The number of nitrogens with one attached hydrogen (secondary N) is 1. The summed E-state index contributed by atoms with van der Waals surface area (Å²) in [7, 11) is 0. The minimum atomic E-state index is -1.02. The summed E-state index contributed by atoms with van der Waals surface area (Å²) in [6, 6.07) is 10.1. The normalized spacial score (nSPS) is 29.5. The molecule has 4 rings (SSSR count). The topological polar surface area (TPSA) is 69.2 Å². The Balaban J connectivity index is 1.61. The summed E-state index contributed by atoms with van der Waals surface area (Å²) in [6.45, 7) is 2.96. The largest absolute Gasteiger partial charge is 0.382 e. The molecule has 1 saturated heterocycles. The third kappa shape index (κ3) is 2.26. The van der Waals surface area contributed by atoms with Gasteiger partial charge in [-0.1, -0.05) is 24.3 Å². The first-order valence-electron chi connectivity index (χ1n) is 8.63. The highest BCUT2D eigenvalue weighted by Gasteiger charge is 2.47. The summed E-state index contributed by atoms with van der Waals surface area (Å²) >= 11 is 0. The van der Waals surface area contributed by atoms with Crippen molar-refractivity contribution in [2.45, 2.75) is 43.6 Å². The van der Waals surface area contributed by atoms with E-state index in [2.05, 4.69) is 29.3 Å². The van der Waals surface area contributed by atoms with E-state index in [9.17, 15) is 9.90 Å². The number of aliphatic hydroxyl groups is 1. The van der Waals surface area contributed by atoms with Crippen LogP contribution in [0, 0.1) is 0 Å². The lowest BCUT2D eigenvalue weighted by molar-refractivity contribution is -0.137. The van der Waals surface area contributed by atoms with E-state index in [0.29, 0.717) is 25.2 Å². The van der Waals surface area contributed by atoms with Gasteiger partial charge in [-0.2, -0.15) is 5.10 Å². The van der Waals surface area contributed by atoms with Crippen LogP contribution in [-0.4, -0.2) is 39.2 Å². The molecule has 24 heavy (non-hydrogen) atoms. The van der Waals surface area contributed by atoms with Crippen molar-refractivity contribution < 1.29 is 9.90 Å². The Kier molecular flexibility index (Phi) is 3.49. The number of carbonyl (C=O) groups is 1. The van der Waals surface area contributed by atoms with Crippen molar-refractivity contribution in [3.05, 3.63) is 53.3 Å². The van der Waals surface area contributed by atoms with Gasteiger partial charge in [0.25, 0.3) is 0 Å². The van der Waals surface area contributed by atoms with E-state index in [-0.39, 0.29) is 5.91 Å². The number of likely N-dealkylation sites (tertiary alicyclic amines) is 1. The first-order valence-corrected chi connectivity index (χ1v) is 8.63. The second kappa shape index (κ2) is 5.45. The fraction of sp³-hybridized carbons (Fsp3) is 0.474. The average Bonchev–Trinajstić information content (AvgIpc) is 3.25. The maximum atomic E-state index is 13.3. The molecule has 1 aromatic carbocycles. The number of aromatic nitrogens is 2. The lowest BCUT2D eigenvalue weighted by Gasteiger charge is -2.37. The first-order chi connectivity index (χ1) is 11.5. The number of benzene rings is 1. The zero-order valence-corrected chi connectivity index (χ0v) is 14.0. The Labute approximate surface area is 141 Å². The molecule has 2 aliphatic rings. The van der Waals surface area contributed by atoms with Gasteiger partial charge in [-0.3, -0.25) is 9.89 Å². The van der Waals surface area contributed by atoms with Crippen molar-refractivity contribution in [1.82, 2.24) is 15.1 Å². The number of aromatic amines is 1. The maximum Gasteiger partial charge on any atom is 0.233 e. The molecule has 126 valence electrons. The Bertz CT molecular complexity index is 758. The minimum Gasteiger partial charge on any atom is -0.382 e. The third-order valence-electron chi connectivity index (χ3n) is 5.74. The summed E-state index contributed by atoms with van der Waals surface area (Å²) in [5.74, 6) is 0.130. The van der Waals surface area contributed by atoms with Gasteiger partial charge in [0.05, 0.1) is 17.7 Å². The van der Waals surface area contributed by atoms with Crippen molar-refractivity contribution in [1.29, 1.82) is 0 Å². The highest BCUT2D eigenvalue weighted by Crippen LogP contribution is 2.41. The summed E-state index contributed by atoms with van der Waals surface area (Å²) in [5.41, 5.74) is 1.61. The second-order valence-corrected chi connectivity index (χ2v) is 7.32. The molecule has 2 atom stereocenters. The van der Waals surface area contributed by atoms with E-state index in [1.165, 1.54) is 5.56 Å². The number of rotatable bonds is 2. The lowest BCUT2D eigenvalue weighted by Crippen LogP contribution is -2.47. The van der Waals surface area contributed by atoms with Gasteiger partial charge in [-0.05, 0) is 43.4 Å². The monoisotopic (exact) mass is 325 g/mol. The van der Waals surface area contributed by atoms with Crippen molar-refractivity contribution in [2.24, 2.45) is 0 Å². The van der Waals surface area contributed by atoms with E-state index in [1.807, 2.05) is 17.0 Å². The van der Waals surface area contributed by atoms with Crippen LogP contribution >= 0.6 is 0 Å². The molecule has 5 heteroatoms. The number of aryl methyl sites for hydroxylation is 1. The van der Waals surface area contributed by atoms with Crippen LogP contribution in [0.15, 0.2) is 36.5 Å². The molecule has 2 aromatic rings. The van der Waals surface area contributed by atoms with E-state index < -0.39 is 11.0 Å². The van der Waals surface area contributed by atoms with Crippen LogP contribution in [0.3, 0.4) is 0 Å². The molecular formula is C19H23N3O2. The zero-order valence-electron chi connectivity index (χ0n) is 14.0. The maximum absolute atomic E-state index is 13.3.